The molecule has 3 aliphatic rings. The number of hydrogen-bond donors (Lipinski definition) is 0. The van der Waals surface area contributed by atoms with Crippen molar-refractivity contribution >= 4 is 0 Å². The first-order chi connectivity index (χ1) is 31.3. The normalized spacial score (nSPS) is 22.2. The predicted octanol–water partition coefficient (Wildman–Crippen LogP) is 20.6. The van der Waals surface area contributed by atoms with E-state index in [0.29, 0.717) is 0 Å². The lowest BCUT2D eigenvalue weighted by Gasteiger charge is -2.24. The summed E-state index contributed by atoms with van der Waals surface area (Å²) in [5.41, 5.74) is 0. The monoisotopic (exact) mass is 897 g/mol. The van der Waals surface area contributed by atoms with Crippen molar-refractivity contribution in [2.75, 3.05) is 28.2 Å². The quantitative estimate of drug-likeness (QED) is 0.0562. The second-order valence-corrected chi connectivity index (χ2v) is 23.7. The lowest BCUT2D eigenvalue weighted by Crippen LogP contribution is -2.27. The Morgan fingerprint density at radius 2 is 0.469 bits per heavy atom. The fourth-order valence-corrected chi connectivity index (χ4v) is 12.0. The summed E-state index contributed by atoms with van der Waals surface area (Å²) < 4.78 is 0. The summed E-state index contributed by atoms with van der Waals surface area (Å²) in [4.78, 5) is 4.99. The minimum Gasteiger partial charge on any atom is -0.306 e. The van der Waals surface area contributed by atoms with Crippen LogP contribution in [0.25, 0.3) is 0 Å². The van der Waals surface area contributed by atoms with Gasteiger partial charge in [-0.15, -0.1) is 0 Å². The van der Waals surface area contributed by atoms with Crippen LogP contribution in [0.5, 0.6) is 0 Å². The second-order valence-electron chi connectivity index (χ2n) is 23.7. The van der Waals surface area contributed by atoms with Gasteiger partial charge in [0.2, 0.25) is 0 Å². The summed E-state index contributed by atoms with van der Waals surface area (Å²) in [7, 11) is 9.18. The zero-order valence-corrected chi connectivity index (χ0v) is 46.0. The molecule has 3 saturated carbocycles. The zero-order valence-electron chi connectivity index (χ0n) is 46.0. The van der Waals surface area contributed by atoms with Gasteiger partial charge in [0, 0.05) is 12.1 Å². The molecule has 0 spiro atoms. The van der Waals surface area contributed by atoms with Gasteiger partial charge >= 0.3 is 0 Å². The summed E-state index contributed by atoms with van der Waals surface area (Å²) in [5, 5.41) is 0. The molecule has 64 heavy (non-hydrogen) atoms. The molecule has 0 amide bonds. The number of unbranched alkanes of at least 4 members (excludes halogenated alkanes) is 28. The lowest BCUT2D eigenvalue weighted by atomic mass is 9.99. The molecule has 0 aliphatic heterocycles. The molecule has 0 heterocycles. The fraction of sp³-hybridized carbons (Fsp3) is 1.00. The minimum atomic E-state index is 0.824. The molecular formula is C62H124N2. The topological polar surface area (TPSA) is 6.48 Å². The van der Waals surface area contributed by atoms with Crippen molar-refractivity contribution in [2.45, 2.75) is 335 Å². The molecule has 0 aromatic heterocycles. The molecule has 8 atom stereocenters. The van der Waals surface area contributed by atoms with E-state index >= 15 is 0 Å². The average Bonchev–Trinajstić information content (AvgIpc) is 4.23. The average molecular weight is 898 g/mol. The molecule has 2 heteroatoms. The van der Waals surface area contributed by atoms with Gasteiger partial charge in [0.05, 0.1) is 0 Å². The molecule has 3 aliphatic carbocycles. The first kappa shape index (κ1) is 60.0. The van der Waals surface area contributed by atoms with Gasteiger partial charge in [0.15, 0.2) is 0 Å². The Labute approximate surface area is 407 Å². The van der Waals surface area contributed by atoms with E-state index in [0.717, 1.165) is 47.6 Å². The van der Waals surface area contributed by atoms with Crippen LogP contribution in [-0.4, -0.2) is 50.1 Å². The van der Waals surface area contributed by atoms with Crippen molar-refractivity contribution in [1.82, 2.24) is 9.80 Å². The number of rotatable bonds is 48. The van der Waals surface area contributed by atoms with E-state index < -0.39 is 0 Å². The lowest BCUT2D eigenvalue weighted by molar-refractivity contribution is 0.251. The first-order valence-electron chi connectivity index (χ1n) is 30.7. The highest BCUT2D eigenvalue weighted by atomic mass is 15.1. The maximum absolute atomic E-state index is 2.50. The van der Waals surface area contributed by atoms with E-state index in [4.69, 9.17) is 0 Å². The fourth-order valence-electron chi connectivity index (χ4n) is 12.0. The third-order valence-electron chi connectivity index (χ3n) is 17.1. The van der Waals surface area contributed by atoms with Gasteiger partial charge in [-0.1, -0.05) is 272 Å². The molecule has 0 N–H and O–H groups in total. The summed E-state index contributed by atoms with van der Waals surface area (Å²) >= 11 is 0. The maximum Gasteiger partial charge on any atom is 0.00891 e. The Bertz CT molecular complexity index is 959. The van der Waals surface area contributed by atoms with Crippen LogP contribution in [0.2, 0.25) is 0 Å². The van der Waals surface area contributed by atoms with Crippen molar-refractivity contribution < 1.29 is 0 Å². The minimum absolute atomic E-state index is 0.824. The third kappa shape index (κ3) is 34.2. The highest BCUT2D eigenvalue weighted by Gasteiger charge is 2.44. The smallest absolute Gasteiger partial charge is 0.00891 e. The molecule has 2 nitrogen and oxygen atoms in total. The number of hydrogen-bond acceptors (Lipinski definition) is 2. The van der Waals surface area contributed by atoms with Crippen LogP contribution in [0.15, 0.2) is 0 Å². The summed E-state index contributed by atoms with van der Waals surface area (Å²) in [5.74, 6) is 6.81. The van der Waals surface area contributed by atoms with Gasteiger partial charge in [0.25, 0.3) is 0 Å². The highest BCUT2D eigenvalue weighted by Crippen LogP contribution is 2.54. The van der Waals surface area contributed by atoms with E-state index in [1.54, 1.807) is 51.4 Å². The van der Waals surface area contributed by atoms with Crippen molar-refractivity contribution in [3.63, 3.8) is 0 Å². The first-order valence-corrected chi connectivity index (χ1v) is 30.7. The van der Waals surface area contributed by atoms with E-state index in [2.05, 4.69) is 65.7 Å². The molecule has 0 aromatic carbocycles. The molecule has 2 unspecified atom stereocenters. The Morgan fingerprint density at radius 3 is 0.750 bits per heavy atom. The van der Waals surface area contributed by atoms with Crippen LogP contribution in [0.3, 0.4) is 0 Å². The van der Waals surface area contributed by atoms with Crippen LogP contribution in [-0.2, 0) is 0 Å². The Balaban J connectivity index is 0.000000444. The zero-order chi connectivity index (χ0) is 46.3. The van der Waals surface area contributed by atoms with E-state index in [1.807, 2.05) is 0 Å². The number of nitrogens with zero attached hydrogens (tertiary/aromatic N) is 2. The predicted molar refractivity (Wildman–Crippen MR) is 291 cm³/mol. The summed E-state index contributed by atoms with van der Waals surface area (Å²) in [6.45, 7) is 9.26. The molecule has 3 rings (SSSR count). The van der Waals surface area contributed by atoms with Crippen LogP contribution in [0.1, 0.15) is 323 Å². The van der Waals surface area contributed by atoms with Gasteiger partial charge < -0.3 is 9.80 Å². The van der Waals surface area contributed by atoms with Crippen LogP contribution < -0.4 is 0 Å². The highest BCUT2D eigenvalue weighted by molar-refractivity contribution is 4.95. The molecular weight excluding hydrogens is 773 g/mol. The van der Waals surface area contributed by atoms with Crippen molar-refractivity contribution in [2.24, 2.45) is 35.5 Å². The maximum atomic E-state index is 2.50. The van der Waals surface area contributed by atoms with Crippen molar-refractivity contribution in [3.05, 3.63) is 0 Å². The summed E-state index contributed by atoms with van der Waals surface area (Å²) in [6.07, 6.45) is 67.8. The van der Waals surface area contributed by atoms with Crippen LogP contribution in [0.4, 0.5) is 0 Å². The Kier molecular flexibility index (Phi) is 39.3. The second kappa shape index (κ2) is 41.9. The Hall–Kier alpha value is -0.0800. The van der Waals surface area contributed by atoms with E-state index in [1.165, 1.54) is 244 Å². The van der Waals surface area contributed by atoms with Gasteiger partial charge in [0.1, 0.15) is 0 Å². The van der Waals surface area contributed by atoms with Crippen LogP contribution in [0, 0.1) is 35.5 Å². The van der Waals surface area contributed by atoms with Crippen LogP contribution >= 0.6 is 0 Å². The molecule has 3 fully saturated rings. The van der Waals surface area contributed by atoms with Gasteiger partial charge in [-0.25, -0.2) is 0 Å². The molecule has 0 radical (unpaired) electrons. The SMILES string of the molecule is CCCCCCCCC(CCCCCCC[C@H]1C[C@H]1CCCCCCCC)N(C)C.CCCCCCCCCC(CCCCCCCCC[C@H]1C[C@H]1C[C@H]1C[C@H]1CCCCC)N(C)C. The van der Waals surface area contributed by atoms with Gasteiger partial charge in [-0.05, 0) is 115 Å². The largest absolute Gasteiger partial charge is 0.306 e. The van der Waals surface area contributed by atoms with Crippen molar-refractivity contribution in [3.8, 4) is 0 Å². The third-order valence-corrected chi connectivity index (χ3v) is 17.1. The molecule has 0 aromatic rings. The molecule has 0 bridgehead atoms. The van der Waals surface area contributed by atoms with E-state index in [9.17, 15) is 0 Å². The molecule has 382 valence electrons. The van der Waals surface area contributed by atoms with E-state index in [-0.39, 0.29) is 0 Å². The summed E-state index contributed by atoms with van der Waals surface area (Å²) in [6, 6.07) is 1.65. The van der Waals surface area contributed by atoms with Gasteiger partial charge in [-0.2, -0.15) is 0 Å². The van der Waals surface area contributed by atoms with Crippen molar-refractivity contribution in [1.29, 1.82) is 0 Å². The molecule has 0 saturated heterocycles. The Morgan fingerprint density at radius 1 is 0.266 bits per heavy atom. The standard InChI is InChI=1S/C33H65N.C29H59N/c1-5-7-9-10-12-16-20-24-33(34(3)4)25-21-17-14-11-13-15-19-23-30-27-32(30)28-31-26-29(31)22-18-8-6-2;1-5-7-9-11-14-18-22-27-26-28(27)23-19-15-13-17-21-25-29(30(3)4)24-20-16-12-10-8-6-2/h29-33H,5-28H2,1-4H3;27-29H,5-26H2,1-4H3/t29-,30+,31-,32+,33?;27-,28+,29?/m11/s1. The van der Waals surface area contributed by atoms with Gasteiger partial charge in [-0.3, -0.25) is 0 Å².